The van der Waals surface area contributed by atoms with Gasteiger partial charge in [0.25, 0.3) is 0 Å². The second kappa shape index (κ2) is 6.47. The third kappa shape index (κ3) is 3.75. The predicted octanol–water partition coefficient (Wildman–Crippen LogP) is 3.03. The number of piperidine rings is 1. The Hall–Kier alpha value is -1.56. The molecule has 1 aromatic rings. The summed E-state index contributed by atoms with van der Waals surface area (Å²) in [5.41, 5.74) is 0.0240. The molecule has 1 heterocycles. The molecule has 0 radical (unpaired) electrons. The van der Waals surface area contributed by atoms with Crippen LogP contribution in [0.2, 0.25) is 0 Å². The molecule has 1 aromatic carbocycles. The fourth-order valence-electron chi connectivity index (χ4n) is 3.08. The maximum atomic E-state index is 13.5. The van der Waals surface area contributed by atoms with Crippen molar-refractivity contribution in [1.82, 2.24) is 5.32 Å². The molecule has 0 aliphatic carbocycles. The first kappa shape index (κ1) is 15.8. The van der Waals surface area contributed by atoms with Crippen LogP contribution in [0.3, 0.4) is 0 Å². The minimum Gasteiger partial charge on any atom is -0.481 e. The molecule has 1 saturated heterocycles. The van der Waals surface area contributed by atoms with Crippen molar-refractivity contribution in [1.29, 1.82) is 0 Å². The third-order valence-corrected chi connectivity index (χ3v) is 4.05. The van der Waals surface area contributed by atoms with Gasteiger partial charge in [0.15, 0.2) is 0 Å². The molecule has 6 heteroatoms. The lowest BCUT2D eigenvalue weighted by atomic mass is 9.74. The number of rotatable bonds is 4. The van der Waals surface area contributed by atoms with Gasteiger partial charge in [-0.05, 0) is 37.4 Å². The Balaban J connectivity index is 2.38. The van der Waals surface area contributed by atoms with Crippen LogP contribution in [0.4, 0.5) is 13.2 Å². The zero-order chi connectivity index (χ0) is 15.5. The van der Waals surface area contributed by atoms with E-state index in [-0.39, 0.29) is 5.56 Å². The predicted molar refractivity (Wildman–Crippen MR) is 72.0 cm³/mol. The van der Waals surface area contributed by atoms with E-state index < -0.39 is 29.9 Å². The number of nitrogens with one attached hydrogen (secondary N) is 1. The summed E-state index contributed by atoms with van der Waals surface area (Å²) in [6.45, 7) is 1.13. The molecule has 0 saturated carbocycles. The number of carboxylic acid groups (broad SMARTS) is 1. The molecule has 1 aliphatic rings. The molecule has 0 amide bonds. The van der Waals surface area contributed by atoms with Crippen LogP contribution < -0.4 is 5.32 Å². The summed E-state index contributed by atoms with van der Waals surface area (Å²) >= 11 is 0. The maximum Gasteiger partial charge on any atom is 0.396 e. The first-order valence-corrected chi connectivity index (χ1v) is 6.96. The number of hydrogen-bond donors (Lipinski definition) is 2. The first-order chi connectivity index (χ1) is 9.91. The second-order valence-corrected chi connectivity index (χ2v) is 5.38. The van der Waals surface area contributed by atoms with Crippen LogP contribution in [0.5, 0.6) is 0 Å². The van der Waals surface area contributed by atoms with Crippen molar-refractivity contribution < 1.29 is 23.1 Å². The molecule has 2 rings (SSSR count). The van der Waals surface area contributed by atoms with Crippen molar-refractivity contribution in [2.24, 2.45) is 11.8 Å². The number of alkyl halides is 3. The molecule has 21 heavy (non-hydrogen) atoms. The van der Waals surface area contributed by atoms with Gasteiger partial charge < -0.3 is 10.4 Å². The number of halogens is 3. The van der Waals surface area contributed by atoms with Gasteiger partial charge in [-0.2, -0.15) is 13.2 Å². The maximum absolute atomic E-state index is 13.5. The molecule has 1 aliphatic heterocycles. The summed E-state index contributed by atoms with van der Waals surface area (Å²) in [6, 6.07) is 7.35. The Morgan fingerprint density at radius 3 is 2.24 bits per heavy atom. The van der Waals surface area contributed by atoms with E-state index >= 15 is 0 Å². The SMILES string of the molecule is O=C(O)C(C1CCNCC1)C(c1ccccc1)C(F)(F)F. The molecular weight excluding hydrogens is 283 g/mol. The molecule has 0 spiro atoms. The van der Waals surface area contributed by atoms with E-state index in [9.17, 15) is 23.1 Å². The topological polar surface area (TPSA) is 49.3 Å². The third-order valence-electron chi connectivity index (χ3n) is 4.05. The lowest BCUT2D eigenvalue weighted by molar-refractivity contribution is -0.181. The van der Waals surface area contributed by atoms with Crippen molar-refractivity contribution in [2.75, 3.05) is 13.1 Å². The Kier molecular flexibility index (Phi) is 4.88. The fraction of sp³-hybridized carbons (Fsp3) is 0.533. The van der Waals surface area contributed by atoms with Crippen LogP contribution in [0.25, 0.3) is 0 Å². The number of carboxylic acids is 1. The van der Waals surface area contributed by atoms with Crippen LogP contribution in [-0.2, 0) is 4.79 Å². The largest absolute Gasteiger partial charge is 0.481 e. The summed E-state index contributed by atoms with van der Waals surface area (Å²) in [5, 5.41) is 12.5. The summed E-state index contributed by atoms with van der Waals surface area (Å²) in [5.74, 6) is -5.22. The lowest BCUT2D eigenvalue weighted by Gasteiger charge is -2.34. The first-order valence-electron chi connectivity index (χ1n) is 6.96. The Morgan fingerprint density at radius 2 is 1.76 bits per heavy atom. The van der Waals surface area contributed by atoms with Crippen LogP contribution >= 0.6 is 0 Å². The highest BCUT2D eigenvalue weighted by atomic mass is 19.4. The summed E-state index contributed by atoms with van der Waals surface area (Å²) in [6.07, 6.45) is -3.66. The molecule has 3 nitrogen and oxygen atoms in total. The van der Waals surface area contributed by atoms with E-state index in [1.165, 1.54) is 24.3 Å². The van der Waals surface area contributed by atoms with E-state index in [1.807, 2.05) is 0 Å². The number of benzene rings is 1. The fourth-order valence-corrected chi connectivity index (χ4v) is 3.08. The van der Waals surface area contributed by atoms with Crippen molar-refractivity contribution in [2.45, 2.75) is 24.9 Å². The quantitative estimate of drug-likeness (QED) is 0.898. The van der Waals surface area contributed by atoms with Crippen LogP contribution in [0, 0.1) is 11.8 Å². The zero-order valence-corrected chi connectivity index (χ0v) is 11.4. The highest BCUT2D eigenvalue weighted by molar-refractivity contribution is 5.72. The van der Waals surface area contributed by atoms with E-state index in [0.29, 0.717) is 25.9 Å². The van der Waals surface area contributed by atoms with Crippen molar-refractivity contribution in [3.63, 3.8) is 0 Å². The van der Waals surface area contributed by atoms with Crippen molar-refractivity contribution in [3.05, 3.63) is 35.9 Å². The molecule has 2 unspecified atom stereocenters. The van der Waals surface area contributed by atoms with Gasteiger partial charge in [0, 0.05) is 0 Å². The highest BCUT2D eigenvalue weighted by Crippen LogP contribution is 2.45. The zero-order valence-electron chi connectivity index (χ0n) is 11.4. The summed E-state index contributed by atoms with van der Waals surface area (Å²) < 4.78 is 40.5. The van der Waals surface area contributed by atoms with Crippen molar-refractivity contribution in [3.8, 4) is 0 Å². The average molecular weight is 301 g/mol. The van der Waals surface area contributed by atoms with Gasteiger partial charge in [0.1, 0.15) is 0 Å². The molecular formula is C15H18F3NO2. The lowest BCUT2D eigenvalue weighted by Crippen LogP contribution is -2.41. The van der Waals surface area contributed by atoms with Gasteiger partial charge in [-0.25, -0.2) is 0 Å². The minimum absolute atomic E-state index is 0.0240. The van der Waals surface area contributed by atoms with E-state index in [2.05, 4.69) is 5.32 Å². The molecule has 2 atom stereocenters. The highest BCUT2D eigenvalue weighted by Gasteiger charge is 2.51. The van der Waals surface area contributed by atoms with Gasteiger partial charge in [0.2, 0.25) is 0 Å². The van der Waals surface area contributed by atoms with E-state index in [0.717, 1.165) is 0 Å². The summed E-state index contributed by atoms with van der Waals surface area (Å²) in [7, 11) is 0. The van der Waals surface area contributed by atoms with Gasteiger partial charge >= 0.3 is 12.1 Å². The normalized spacial score (nSPS) is 20.0. The van der Waals surface area contributed by atoms with E-state index in [4.69, 9.17) is 0 Å². The number of aliphatic carboxylic acids is 1. The monoisotopic (exact) mass is 301 g/mol. The Morgan fingerprint density at radius 1 is 1.19 bits per heavy atom. The Labute approximate surface area is 121 Å². The van der Waals surface area contributed by atoms with Crippen LogP contribution in [0.1, 0.15) is 24.3 Å². The summed E-state index contributed by atoms with van der Waals surface area (Å²) in [4.78, 5) is 11.5. The molecule has 0 aromatic heterocycles. The van der Waals surface area contributed by atoms with Crippen LogP contribution in [-0.4, -0.2) is 30.3 Å². The average Bonchev–Trinajstić information content (AvgIpc) is 2.44. The minimum atomic E-state index is -4.57. The molecule has 1 fully saturated rings. The smallest absolute Gasteiger partial charge is 0.396 e. The van der Waals surface area contributed by atoms with Gasteiger partial charge in [0.05, 0.1) is 11.8 Å². The van der Waals surface area contributed by atoms with Crippen LogP contribution in [0.15, 0.2) is 30.3 Å². The van der Waals surface area contributed by atoms with Gasteiger partial charge in [-0.3, -0.25) is 4.79 Å². The van der Waals surface area contributed by atoms with Gasteiger partial charge in [-0.1, -0.05) is 30.3 Å². The van der Waals surface area contributed by atoms with Gasteiger partial charge in [-0.15, -0.1) is 0 Å². The number of hydrogen-bond acceptors (Lipinski definition) is 2. The standard InChI is InChI=1S/C15H18F3NO2/c16-15(17,18)13(11-4-2-1-3-5-11)12(14(20)21)10-6-8-19-9-7-10/h1-5,10,12-13,19H,6-9H2,(H,20,21). The number of carbonyl (C=O) groups is 1. The molecule has 0 bridgehead atoms. The van der Waals surface area contributed by atoms with E-state index in [1.54, 1.807) is 6.07 Å². The second-order valence-electron chi connectivity index (χ2n) is 5.38. The van der Waals surface area contributed by atoms with Crippen molar-refractivity contribution >= 4 is 5.97 Å². The molecule has 116 valence electrons. The molecule has 2 N–H and O–H groups in total. The Bertz CT molecular complexity index is 470.